The molecule has 2 N–H and O–H groups in total. The Hall–Kier alpha value is -2.14. The molecule has 0 aliphatic carbocycles. The molecule has 26 heavy (non-hydrogen) atoms. The lowest BCUT2D eigenvalue weighted by Crippen LogP contribution is -2.32. The summed E-state index contributed by atoms with van der Waals surface area (Å²) >= 11 is 0. The number of imidazole rings is 1. The molecule has 2 aromatic rings. The van der Waals surface area contributed by atoms with Gasteiger partial charge in [0, 0.05) is 31.7 Å². The minimum absolute atomic E-state index is 0.0369. The van der Waals surface area contributed by atoms with Gasteiger partial charge in [-0.2, -0.15) is 0 Å². The number of carbonyl (C=O) groups is 1. The van der Waals surface area contributed by atoms with Gasteiger partial charge in [0.15, 0.2) is 0 Å². The Kier molecular flexibility index (Phi) is 4.57. The van der Waals surface area contributed by atoms with Crippen LogP contribution in [0.3, 0.4) is 0 Å². The molecule has 5 nitrogen and oxygen atoms in total. The minimum atomic E-state index is -0.0369. The van der Waals surface area contributed by atoms with Gasteiger partial charge in [-0.25, -0.2) is 4.98 Å². The van der Waals surface area contributed by atoms with Crippen LogP contribution in [0.4, 0.5) is 0 Å². The Bertz CT molecular complexity index is 781. The molecule has 0 spiro atoms. The lowest BCUT2D eigenvalue weighted by atomic mass is 9.88. The van der Waals surface area contributed by atoms with Crippen LogP contribution in [0.2, 0.25) is 0 Å². The zero-order valence-electron chi connectivity index (χ0n) is 15.7. The number of H-pyrrole nitrogens is 1. The average Bonchev–Trinajstić information content (AvgIpc) is 3.18. The van der Waals surface area contributed by atoms with Crippen molar-refractivity contribution in [2.24, 2.45) is 11.3 Å². The monoisotopic (exact) mass is 352 g/mol. The van der Waals surface area contributed by atoms with E-state index in [0.717, 1.165) is 44.0 Å². The number of hydrogen-bond donors (Lipinski definition) is 2. The second-order valence-corrected chi connectivity index (χ2v) is 8.61. The first kappa shape index (κ1) is 17.3. The fourth-order valence-electron chi connectivity index (χ4n) is 4.16. The van der Waals surface area contributed by atoms with Crippen LogP contribution in [-0.4, -0.2) is 40.4 Å². The molecule has 4 rings (SSSR count). The van der Waals surface area contributed by atoms with Crippen molar-refractivity contribution in [3.05, 3.63) is 53.1 Å². The van der Waals surface area contributed by atoms with Gasteiger partial charge in [-0.05, 0) is 36.3 Å². The summed E-state index contributed by atoms with van der Waals surface area (Å²) in [6.45, 7) is 8.30. The fraction of sp³-hybridized carbons (Fsp3) is 0.524. The highest BCUT2D eigenvalue weighted by atomic mass is 16.1. The third kappa shape index (κ3) is 3.83. The number of aromatic amines is 1. The maximum absolute atomic E-state index is 12.3. The van der Waals surface area contributed by atoms with Crippen molar-refractivity contribution in [1.29, 1.82) is 0 Å². The largest absolute Gasteiger partial charge is 0.350 e. The van der Waals surface area contributed by atoms with Gasteiger partial charge in [0.1, 0.15) is 11.5 Å². The molecule has 0 saturated carbocycles. The number of rotatable bonds is 4. The molecule has 3 heterocycles. The summed E-state index contributed by atoms with van der Waals surface area (Å²) in [4.78, 5) is 22.9. The summed E-state index contributed by atoms with van der Waals surface area (Å²) < 4.78 is 0. The summed E-state index contributed by atoms with van der Waals surface area (Å²) in [6.07, 6.45) is 2.97. The number of nitrogens with one attached hydrogen (secondary N) is 2. The fourth-order valence-corrected chi connectivity index (χ4v) is 4.16. The standard InChI is InChI=1S/C21H28N4O/c1-21(2)11-17-19(20(26)22-14-21)24-18(23-17)10-16-8-9-25(13-16)12-15-6-4-3-5-7-15/h3-7,16H,8-14H2,1-2H3,(H,22,26)(H,23,24). The van der Waals surface area contributed by atoms with Gasteiger partial charge >= 0.3 is 0 Å². The van der Waals surface area contributed by atoms with Crippen LogP contribution < -0.4 is 5.32 Å². The lowest BCUT2D eigenvalue weighted by molar-refractivity contribution is 0.0940. The topological polar surface area (TPSA) is 61.0 Å². The van der Waals surface area contributed by atoms with E-state index in [1.165, 1.54) is 12.0 Å². The van der Waals surface area contributed by atoms with E-state index in [0.29, 0.717) is 18.2 Å². The first-order valence-electron chi connectivity index (χ1n) is 9.61. The maximum Gasteiger partial charge on any atom is 0.271 e. The molecule has 1 aromatic heterocycles. The van der Waals surface area contributed by atoms with Crippen molar-refractivity contribution in [3.63, 3.8) is 0 Å². The summed E-state index contributed by atoms with van der Waals surface area (Å²) in [7, 11) is 0. The maximum atomic E-state index is 12.3. The zero-order chi connectivity index (χ0) is 18.1. The normalized spacial score (nSPS) is 22.7. The van der Waals surface area contributed by atoms with E-state index in [9.17, 15) is 4.79 Å². The minimum Gasteiger partial charge on any atom is -0.350 e. The quantitative estimate of drug-likeness (QED) is 0.889. The molecular weight excluding hydrogens is 324 g/mol. The van der Waals surface area contributed by atoms with Crippen molar-refractivity contribution in [1.82, 2.24) is 20.2 Å². The van der Waals surface area contributed by atoms with E-state index in [1.54, 1.807) is 0 Å². The highest BCUT2D eigenvalue weighted by Gasteiger charge is 2.31. The average molecular weight is 352 g/mol. The van der Waals surface area contributed by atoms with Crippen LogP contribution in [-0.2, 0) is 19.4 Å². The Morgan fingerprint density at radius 3 is 2.88 bits per heavy atom. The highest BCUT2D eigenvalue weighted by molar-refractivity contribution is 5.93. The number of nitrogens with zero attached hydrogens (tertiary/aromatic N) is 2. The van der Waals surface area contributed by atoms with Crippen molar-refractivity contribution in [3.8, 4) is 0 Å². The lowest BCUT2D eigenvalue weighted by Gasteiger charge is -2.21. The molecule has 2 aliphatic rings. The van der Waals surface area contributed by atoms with E-state index in [-0.39, 0.29) is 11.3 Å². The van der Waals surface area contributed by atoms with Gasteiger partial charge in [-0.15, -0.1) is 0 Å². The molecule has 2 aliphatic heterocycles. The van der Waals surface area contributed by atoms with E-state index in [4.69, 9.17) is 0 Å². The van der Waals surface area contributed by atoms with Crippen molar-refractivity contribution < 1.29 is 4.79 Å². The second kappa shape index (κ2) is 6.88. The first-order valence-corrected chi connectivity index (χ1v) is 9.61. The summed E-state index contributed by atoms with van der Waals surface area (Å²) in [6, 6.07) is 10.7. The molecular formula is C21H28N4O. The molecule has 1 fully saturated rings. The van der Waals surface area contributed by atoms with Gasteiger partial charge in [-0.3, -0.25) is 9.69 Å². The Labute approximate surface area is 155 Å². The zero-order valence-corrected chi connectivity index (χ0v) is 15.7. The van der Waals surface area contributed by atoms with E-state index in [1.807, 2.05) is 0 Å². The van der Waals surface area contributed by atoms with Crippen molar-refractivity contribution in [2.75, 3.05) is 19.6 Å². The number of likely N-dealkylation sites (tertiary alicyclic amines) is 1. The number of carbonyl (C=O) groups excluding carboxylic acids is 1. The van der Waals surface area contributed by atoms with Crippen LogP contribution in [0.5, 0.6) is 0 Å². The van der Waals surface area contributed by atoms with Gasteiger partial charge in [-0.1, -0.05) is 44.2 Å². The molecule has 1 unspecified atom stereocenters. The molecule has 0 bridgehead atoms. The first-order chi connectivity index (χ1) is 12.5. The Balaban J connectivity index is 1.40. The van der Waals surface area contributed by atoms with Gasteiger partial charge < -0.3 is 10.3 Å². The third-order valence-electron chi connectivity index (χ3n) is 5.53. The Morgan fingerprint density at radius 1 is 1.27 bits per heavy atom. The molecule has 1 aromatic carbocycles. The SMILES string of the molecule is CC1(C)CNC(=O)c2nc(CC3CCN(Cc4ccccc4)C3)[nH]c2C1. The summed E-state index contributed by atoms with van der Waals surface area (Å²) in [5.74, 6) is 1.53. The molecule has 1 saturated heterocycles. The summed E-state index contributed by atoms with van der Waals surface area (Å²) in [5, 5.41) is 3.00. The van der Waals surface area contributed by atoms with E-state index < -0.39 is 0 Å². The molecule has 1 amide bonds. The van der Waals surface area contributed by atoms with Crippen molar-refractivity contribution >= 4 is 5.91 Å². The van der Waals surface area contributed by atoms with Gasteiger partial charge in [0.2, 0.25) is 0 Å². The highest BCUT2D eigenvalue weighted by Crippen LogP contribution is 2.27. The molecule has 138 valence electrons. The number of amides is 1. The predicted octanol–water partition coefficient (Wildman–Crippen LogP) is 2.79. The van der Waals surface area contributed by atoms with Crippen LogP contribution in [0, 0.1) is 11.3 Å². The molecule has 5 heteroatoms. The van der Waals surface area contributed by atoms with Crippen LogP contribution in [0.25, 0.3) is 0 Å². The third-order valence-corrected chi connectivity index (χ3v) is 5.53. The predicted molar refractivity (Wildman–Crippen MR) is 102 cm³/mol. The van der Waals surface area contributed by atoms with Crippen LogP contribution in [0.1, 0.15) is 47.8 Å². The number of hydrogen-bond acceptors (Lipinski definition) is 3. The number of fused-ring (bicyclic) bond motifs is 1. The Morgan fingerprint density at radius 2 is 2.08 bits per heavy atom. The van der Waals surface area contributed by atoms with E-state index in [2.05, 4.69) is 64.4 Å². The van der Waals surface area contributed by atoms with Crippen LogP contribution >= 0.6 is 0 Å². The van der Waals surface area contributed by atoms with Gasteiger partial charge in [0.05, 0.1) is 0 Å². The number of aromatic nitrogens is 2. The molecule has 0 radical (unpaired) electrons. The number of benzene rings is 1. The molecule has 1 atom stereocenters. The smallest absolute Gasteiger partial charge is 0.271 e. The van der Waals surface area contributed by atoms with Crippen LogP contribution in [0.15, 0.2) is 30.3 Å². The van der Waals surface area contributed by atoms with Crippen molar-refractivity contribution in [2.45, 2.75) is 39.7 Å². The van der Waals surface area contributed by atoms with Gasteiger partial charge in [0.25, 0.3) is 5.91 Å². The second-order valence-electron chi connectivity index (χ2n) is 8.61. The summed E-state index contributed by atoms with van der Waals surface area (Å²) in [5.41, 5.74) is 3.03. The van der Waals surface area contributed by atoms with E-state index >= 15 is 0 Å².